The van der Waals surface area contributed by atoms with Gasteiger partial charge in [0, 0.05) is 42.8 Å². The molecule has 6 nitrogen and oxygen atoms in total. The van der Waals surface area contributed by atoms with Crippen LogP contribution in [-0.4, -0.2) is 51.2 Å². The normalized spacial score (nSPS) is 19.7. The zero-order valence-corrected chi connectivity index (χ0v) is 14.7. The third-order valence-electron chi connectivity index (χ3n) is 5.43. The number of likely N-dealkylation sites (tertiary alicyclic amines) is 1. The molecule has 1 aliphatic heterocycles. The van der Waals surface area contributed by atoms with Gasteiger partial charge in [-0.1, -0.05) is 12.1 Å². The number of ketones is 1. The van der Waals surface area contributed by atoms with Gasteiger partial charge in [-0.25, -0.2) is 0 Å². The summed E-state index contributed by atoms with van der Waals surface area (Å²) in [5, 5.41) is 13.6. The molecule has 2 aromatic rings. The number of carbonyl (C=O) groups excluding carboxylic acids is 2. The average molecular weight is 353 g/mol. The predicted molar refractivity (Wildman–Crippen MR) is 96.3 cm³/mol. The number of hydrogen-bond acceptors (Lipinski definition) is 4. The van der Waals surface area contributed by atoms with Gasteiger partial charge in [-0.2, -0.15) is 5.10 Å². The molecule has 2 heterocycles. The first-order valence-corrected chi connectivity index (χ1v) is 9.26. The summed E-state index contributed by atoms with van der Waals surface area (Å²) in [6, 6.07) is 7.47. The summed E-state index contributed by atoms with van der Waals surface area (Å²) < 4.78 is 1.74. The van der Waals surface area contributed by atoms with Crippen molar-refractivity contribution in [1.82, 2.24) is 14.7 Å². The van der Waals surface area contributed by atoms with Gasteiger partial charge in [0.15, 0.2) is 5.78 Å². The molecule has 1 aromatic heterocycles. The SMILES string of the molecule is O=C1CCc2c1cccc2C(=O)N1CCC[C@@H](c2ccn(CCO)n2)C1. The molecule has 1 fully saturated rings. The van der Waals surface area contributed by atoms with Crippen LogP contribution in [0.5, 0.6) is 0 Å². The molecule has 1 aliphatic carbocycles. The summed E-state index contributed by atoms with van der Waals surface area (Å²) in [6.45, 7) is 1.94. The van der Waals surface area contributed by atoms with Crippen LogP contribution in [-0.2, 0) is 13.0 Å². The largest absolute Gasteiger partial charge is 0.394 e. The van der Waals surface area contributed by atoms with Crippen molar-refractivity contribution in [2.45, 2.75) is 38.1 Å². The van der Waals surface area contributed by atoms with Crippen LogP contribution in [0.15, 0.2) is 30.5 Å². The van der Waals surface area contributed by atoms with E-state index in [1.165, 1.54) is 0 Å². The third-order valence-corrected chi connectivity index (χ3v) is 5.43. The molecule has 1 saturated heterocycles. The maximum Gasteiger partial charge on any atom is 0.254 e. The Morgan fingerprint density at radius 1 is 1.27 bits per heavy atom. The summed E-state index contributed by atoms with van der Waals surface area (Å²) in [5.74, 6) is 0.377. The summed E-state index contributed by atoms with van der Waals surface area (Å²) in [5.41, 5.74) is 3.29. The van der Waals surface area contributed by atoms with E-state index in [-0.39, 0.29) is 24.2 Å². The third kappa shape index (κ3) is 3.05. The number of fused-ring (bicyclic) bond motifs is 1. The topological polar surface area (TPSA) is 75.4 Å². The minimum atomic E-state index is 0.0241. The Morgan fingerprint density at radius 2 is 2.15 bits per heavy atom. The van der Waals surface area contributed by atoms with Crippen LogP contribution >= 0.6 is 0 Å². The maximum atomic E-state index is 13.1. The van der Waals surface area contributed by atoms with Crippen LogP contribution in [0.25, 0.3) is 0 Å². The lowest BCUT2D eigenvalue weighted by Gasteiger charge is -2.32. The van der Waals surface area contributed by atoms with Crippen molar-refractivity contribution < 1.29 is 14.7 Å². The van der Waals surface area contributed by atoms with E-state index in [0.717, 1.165) is 30.6 Å². The highest BCUT2D eigenvalue weighted by atomic mass is 16.3. The van der Waals surface area contributed by atoms with Crippen LogP contribution in [0.1, 0.15) is 57.2 Å². The van der Waals surface area contributed by atoms with E-state index in [4.69, 9.17) is 5.11 Å². The fourth-order valence-corrected chi connectivity index (χ4v) is 4.09. The summed E-state index contributed by atoms with van der Waals surface area (Å²) >= 11 is 0. The quantitative estimate of drug-likeness (QED) is 0.912. The zero-order chi connectivity index (χ0) is 18.1. The average Bonchev–Trinajstić information content (AvgIpc) is 3.29. The number of piperidine rings is 1. The fraction of sp³-hybridized carbons (Fsp3) is 0.450. The highest BCUT2D eigenvalue weighted by Gasteiger charge is 2.30. The molecule has 6 heteroatoms. The highest BCUT2D eigenvalue weighted by Crippen LogP contribution is 2.30. The Morgan fingerprint density at radius 3 is 3.00 bits per heavy atom. The van der Waals surface area contributed by atoms with Crippen molar-refractivity contribution in [3.8, 4) is 0 Å². The van der Waals surface area contributed by atoms with Crippen molar-refractivity contribution in [2.75, 3.05) is 19.7 Å². The summed E-state index contributed by atoms with van der Waals surface area (Å²) in [7, 11) is 0. The number of aromatic nitrogens is 2. The number of aliphatic hydroxyl groups excluding tert-OH is 1. The van der Waals surface area contributed by atoms with Crippen LogP contribution < -0.4 is 0 Å². The molecule has 136 valence electrons. The first kappa shape index (κ1) is 17.0. The van der Waals surface area contributed by atoms with Crippen molar-refractivity contribution in [3.63, 3.8) is 0 Å². The van der Waals surface area contributed by atoms with Gasteiger partial charge in [0.25, 0.3) is 5.91 Å². The molecule has 1 aromatic carbocycles. The van der Waals surface area contributed by atoms with Crippen LogP contribution in [0.2, 0.25) is 0 Å². The Balaban J connectivity index is 1.53. The number of aliphatic hydroxyl groups is 1. The molecular formula is C20H23N3O3. The van der Waals surface area contributed by atoms with Gasteiger partial charge in [0.2, 0.25) is 0 Å². The second-order valence-corrected chi connectivity index (χ2v) is 7.07. The summed E-state index contributed by atoms with van der Waals surface area (Å²) in [4.78, 5) is 27.0. The van der Waals surface area contributed by atoms with Gasteiger partial charge in [0.05, 0.1) is 18.8 Å². The number of nitrogens with zero attached hydrogens (tertiary/aromatic N) is 3. The fourth-order valence-electron chi connectivity index (χ4n) is 4.09. The standard InChI is InChI=1S/C20H23N3O3/c24-12-11-23-10-8-18(21-23)14-3-2-9-22(13-14)20(26)17-5-1-4-16-15(17)6-7-19(16)25/h1,4-5,8,10,14,24H,2-3,6-7,9,11-13H2/t14-/m1/s1. The molecule has 26 heavy (non-hydrogen) atoms. The second-order valence-electron chi connectivity index (χ2n) is 7.07. The van der Waals surface area contributed by atoms with Crippen molar-refractivity contribution in [2.24, 2.45) is 0 Å². The van der Waals surface area contributed by atoms with Gasteiger partial charge in [-0.3, -0.25) is 14.3 Å². The second kappa shape index (κ2) is 7.03. The van der Waals surface area contributed by atoms with Gasteiger partial charge in [-0.15, -0.1) is 0 Å². The molecule has 0 bridgehead atoms. The van der Waals surface area contributed by atoms with Gasteiger partial charge in [-0.05, 0) is 37.0 Å². The molecule has 0 unspecified atom stereocenters. The number of carbonyl (C=O) groups is 2. The van der Waals surface area contributed by atoms with E-state index in [0.29, 0.717) is 37.1 Å². The maximum absolute atomic E-state index is 13.1. The molecule has 0 spiro atoms. The van der Waals surface area contributed by atoms with Crippen molar-refractivity contribution in [1.29, 1.82) is 0 Å². The lowest BCUT2D eigenvalue weighted by atomic mass is 9.93. The predicted octanol–water partition coefficient (Wildman–Crippen LogP) is 2.02. The summed E-state index contributed by atoms with van der Waals surface area (Å²) in [6.07, 6.45) is 4.99. The minimum absolute atomic E-state index is 0.0241. The van der Waals surface area contributed by atoms with E-state index in [1.54, 1.807) is 4.68 Å². The van der Waals surface area contributed by atoms with E-state index < -0.39 is 0 Å². The molecule has 2 aliphatic rings. The molecular weight excluding hydrogens is 330 g/mol. The van der Waals surface area contributed by atoms with Gasteiger partial charge < -0.3 is 10.0 Å². The first-order valence-electron chi connectivity index (χ1n) is 9.26. The van der Waals surface area contributed by atoms with E-state index in [9.17, 15) is 9.59 Å². The number of rotatable bonds is 4. The van der Waals surface area contributed by atoms with Gasteiger partial charge in [0.1, 0.15) is 0 Å². The Hall–Kier alpha value is -2.47. The van der Waals surface area contributed by atoms with Crippen LogP contribution in [0, 0.1) is 0 Å². The molecule has 0 radical (unpaired) electrons. The smallest absolute Gasteiger partial charge is 0.254 e. The van der Waals surface area contributed by atoms with E-state index in [2.05, 4.69) is 5.10 Å². The number of amides is 1. The lowest BCUT2D eigenvalue weighted by Crippen LogP contribution is -2.39. The van der Waals surface area contributed by atoms with Crippen LogP contribution in [0.4, 0.5) is 0 Å². The van der Waals surface area contributed by atoms with Crippen LogP contribution in [0.3, 0.4) is 0 Å². The monoisotopic (exact) mass is 353 g/mol. The highest BCUT2D eigenvalue weighted by molar-refractivity contribution is 6.05. The molecule has 0 saturated carbocycles. The molecule has 1 N–H and O–H groups in total. The van der Waals surface area contributed by atoms with E-state index >= 15 is 0 Å². The number of hydrogen-bond donors (Lipinski definition) is 1. The van der Waals surface area contributed by atoms with Crippen molar-refractivity contribution in [3.05, 3.63) is 52.8 Å². The molecule has 1 amide bonds. The number of benzene rings is 1. The zero-order valence-electron chi connectivity index (χ0n) is 14.7. The molecule has 4 rings (SSSR count). The van der Waals surface area contributed by atoms with E-state index in [1.807, 2.05) is 35.4 Å². The minimum Gasteiger partial charge on any atom is -0.394 e. The lowest BCUT2D eigenvalue weighted by molar-refractivity contribution is 0.0704. The molecule has 1 atom stereocenters. The Kier molecular flexibility index (Phi) is 4.59. The Bertz CT molecular complexity index is 843. The Labute approximate surface area is 152 Å². The number of Topliss-reactive ketones (excluding diaryl/α,β-unsaturated/α-hetero) is 1. The first-order chi connectivity index (χ1) is 12.7. The van der Waals surface area contributed by atoms with Crippen molar-refractivity contribution >= 4 is 11.7 Å². The van der Waals surface area contributed by atoms with Gasteiger partial charge >= 0.3 is 0 Å².